The molecule has 0 unspecified atom stereocenters. The monoisotopic (exact) mass is 335 g/mol. The summed E-state index contributed by atoms with van der Waals surface area (Å²) in [5.41, 5.74) is 5.91. The first-order valence-corrected chi connectivity index (χ1v) is 8.57. The van der Waals surface area contributed by atoms with Crippen molar-refractivity contribution in [1.29, 1.82) is 5.26 Å². The standard InChI is InChI=1S/C20H21N3O.CH4/c21-13-15-2-1-3-16(10-15)14-23-8-9-24-20-12-18-5-7-22-6-4-17(18)11-19(20)23;/h1-3,10-12,22H,4-9,14H2;1H4. The van der Waals surface area contributed by atoms with Gasteiger partial charge in [0.25, 0.3) is 0 Å². The van der Waals surface area contributed by atoms with Crippen LogP contribution in [-0.2, 0) is 19.4 Å². The highest BCUT2D eigenvalue weighted by atomic mass is 16.5. The number of ether oxygens (including phenoxy) is 1. The summed E-state index contributed by atoms with van der Waals surface area (Å²) in [6, 6.07) is 14.6. The quantitative estimate of drug-likeness (QED) is 0.915. The van der Waals surface area contributed by atoms with Crippen molar-refractivity contribution in [3.63, 3.8) is 0 Å². The molecule has 0 bridgehead atoms. The summed E-state index contributed by atoms with van der Waals surface area (Å²) in [6.07, 6.45) is 2.14. The molecule has 0 spiro atoms. The van der Waals surface area contributed by atoms with Gasteiger partial charge in [0.1, 0.15) is 12.4 Å². The highest BCUT2D eigenvalue weighted by molar-refractivity contribution is 5.64. The first-order valence-electron chi connectivity index (χ1n) is 8.57. The number of hydrogen-bond acceptors (Lipinski definition) is 4. The molecule has 4 heteroatoms. The number of anilines is 1. The molecule has 2 aliphatic rings. The summed E-state index contributed by atoms with van der Waals surface area (Å²) in [7, 11) is 0. The molecule has 0 saturated carbocycles. The average molecular weight is 335 g/mol. The molecule has 25 heavy (non-hydrogen) atoms. The first kappa shape index (κ1) is 17.3. The van der Waals surface area contributed by atoms with Crippen molar-refractivity contribution in [1.82, 2.24) is 5.32 Å². The van der Waals surface area contributed by atoms with Gasteiger partial charge in [0.05, 0.1) is 23.9 Å². The van der Waals surface area contributed by atoms with Gasteiger partial charge in [0, 0.05) is 6.54 Å². The van der Waals surface area contributed by atoms with Crippen molar-refractivity contribution >= 4 is 5.69 Å². The summed E-state index contributed by atoms with van der Waals surface area (Å²) in [5, 5.41) is 12.6. The minimum Gasteiger partial charge on any atom is -0.490 e. The summed E-state index contributed by atoms with van der Waals surface area (Å²) in [6.45, 7) is 4.47. The predicted octanol–water partition coefficient (Wildman–Crippen LogP) is 3.28. The second-order valence-corrected chi connectivity index (χ2v) is 6.42. The molecule has 0 fully saturated rings. The lowest BCUT2D eigenvalue weighted by Gasteiger charge is -2.32. The van der Waals surface area contributed by atoms with Crippen molar-refractivity contribution < 1.29 is 4.74 Å². The molecule has 0 aliphatic carbocycles. The molecular formula is C21H25N3O. The molecule has 1 N–H and O–H groups in total. The fourth-order valence-corrected chi connectivity index (χ4v) is 3.56. The van der Waals surface area contributed by atoms with Crippen LogP contribution < -0.4 is 15.0 Å². The number of fused-ring (bicyclic) bond motifs is 2. The molecule has 2 heterocycles. The molecule has 0 aromatic heterocycles. The fourth-order valence-electron chi connectivity index (χ4n) is 3.56. The van der Waals surface area contributed by atoms with Crippen LogP contribution in [0.5, 0.6) is 5.75 Å². The van der Waals surface area contributed by atoms with Crippen LogP contribution in [0, 0.1) is 11.3 Å². The lowest BCUT2D eigenvalue weighted by atomic mass is 10.00. The normalized spacial score (nSPS) is 15.7. The Morgan fingerprint density at radius 3 is 2.72 bits per heavy atom. The van der Waals surface area contributed by atoms with E-state index in [1.165, 1.54) is 22.4 Å². The van der Waals surface area contributed by atoms with Crippen LogP contribution in [-0.4, -0.2) is 26.2 Å². The van der Waals surface area contributed by atoms with Crippen LogP contribution in [0.2, 0.25) is 0 Å². The third kappa shape index (κ3) is 3.62. The SMILES string of the molecule is C.N#Cc1cccc(CN2CCOc3cc4c(cc32)CCNCC4)c1. The lowest BCUT2D eigenvalue weighted by Crippen LogP contribution is -2.32. The molecule has 2 aliphatic heterocycles. The van der Waals surface area contributed by atoms with Crippen LogP contribution >= 0.6 is 0 Å². The highest BCUT2D eigenvalue weighted by Gasteiger charge is 2.21. The van der Waals surface area contributed by atoms with E-state index in [-0.39, 0.29) is 7.43 Å². The van der Waals surface area contributed by atoms with Gasteiger partial charge in [0.15, 0.2) is 0 Å². The Bertz CT molecular complexity index is 794. The molecule has 130 valence electrons. The van der Waals surface area contributed by atoms with Gasteiger partial charge < -0.3 is 15.0 Å². The highest BCUT2D eigenvalue weighted by Crippen LogP contribution is 2.36. The molecule has 0 saturated heterocycles. The van der Waals surface area contributed by atoms with Crippen molar-refractivity contribution in [2.24, 2.45) is 0 Å². The second kappa shape index (κ2) is 7.58. The first-order chi connectivity index (χ1) is 11.8. The minimum atomic E-state index is 0. The van der Waals surface area contributed by atoms with Gasteiger partial charge in [0.2, 0.25) is 0 Å². The van der Waals surface area contributed by atoms with Gasteiger partial charge in [-0.3, -0.25) is 0 Å². The van der Waals surface area contributed by atoms with Gasteiger partial charge in [-0.1, -0.05) is 19.6 Å². The maximum atomic E-state index is 9.10. The van der Waals surface area contributed by atoms with Crippen LogP contribution in [0.15, 0.2) is 36.4 Å². The zero-order valence-corrected chi connectivity index (χ0v) is 13.7. The number of nitrogens with zero attached hydrogens (tertiary/aromatic N) is 2. The van der Waals surface area contributed by atoms with Gasteiger partial charge in [-0.15, -0.1) is 0 Å². The van der Waals surface area contributed by atoms with Gasteiger partial charge in [-0.25, -0.2) is 0 Å². The van der Waals surface area contributed by atoms with E-state index in [9.17, 15) is 0 Å². The topological polar surface area (TPSA) is 48.3 Å². The van der Waals surface area contributed by atoms with Crippen LogP contribution in [0.4, 0.5) is 5.69 Å². The van der Waals surface area contributed by atoms with E-state index in [1.807, 2.05) is 18.2 Å². The van der Waals surface area contributed by atoms with E-state index in [1.54, 1.807) is 0 Å². The van der Waals surface area contributed by atoms with Crippen LogP contribution in [0.25, 0.3) is 0 Å². The van der Waals surface area contributed by atoms with E-state index < -0.39 is 0 Å². The molecule has 0 atom stereocenters. The Morgan fingerprint density at radius 2 is 1.92 bits per heavy atom. The third-order valence-electron chi connectivity index (χ3n) is 4.81. The number of rotatable bonds is 2. The second-order valence-electron chi connectivity index (χ2n) is 6.42. The summed E-state index contributed by atoms with van der Waals surface area (Å²) in [5.74, 6) is 0.998. The third-order valence-corrected chi connectivity index (χ3v) is 4.81. The number of hydrogen-bond donors (Lipinski definition) is 1. The largest absolute Gasteiger partial charge is 0.490 e. The Morgan fingerprint density at radius 1 is 1.12 bits per heavy atom. The molecule has 0 amide bonds. The Kier molecular flexibility index (Phi) is 5.25. The van der Waals surface area contributed by atoms with E-state index in [0.717, 1.165) is 44.8 Å². The van der Waals surface area contributed by atoms with Crippen molar-refractivity contribution in [2.45, 2.75) is 26.8 Å². The van der Waals surface area contributed by atoms with Gasteiger partial charge >= 0.3 is 0 Å². The van der Waals surface area contributed by atoms with E-state index >= 15 is 0 Å². The number of nitrogens with one attached hydrogen (secondary N) is 1. The minimum absolute atomic E-state index is 0. The molecule has 0 radical (unpaired) electrons. The predicted molar refractivity (Wildman–Crippen MR) is 101 cm³/mol. The van der Waals surface area contributed by atoms with Crippen molar-refractivity contribution in [3.8, 4) is 11.8 Å². The fraction of sp³-hybridized carbons (Fsp3) is 0.381. The average Bonchev–Trinajstić information content (AvgIpc) is 2.85. The number of nitriles is 1. The summed E-state index contributed by atoms with van der Waals surface area (Å²) < 4.78 is 5.93. The molecule has 2 aromatic rings. The molecule has 2 aromatic carbocycles. The zero-order chi connectivity index (χ0) is 16.4. The maximum absolute atomic E-state index is 9.10. The van der Waals surface area contributed by atoms with Gasteiger partial charge in [-0.05, 0) is 66.9 Å². The Hall–Kier alpha value is -2.51. The Balaban J connectivity index is 0.00000182. The van der Waals surface area contributed by atoms with Crippen LogP contribution in [0.3, 0.4) is 0 Å². The molecular weight excluding hydrogens is 310 g/mol. The van der Waals surface area contributed by atoms with E-state index in [4.69, 9.17) is 10.00 Å². The summed E-state index contributed by atoms with van der Waals surface area (Å²) >= 11 is 0. The van der Waals surface area contributed by atoms with E-state index in [0.29, 0.717) is 12.2 Å². The van der Waals surface area contributed by atoms with E-state index in [2.05, 4.69) is 34.5 Å². The summed E-state index contributed by atoms with van der Waals surface area (Å²) in [4.78, 5) is 2.37. The van der Waals surface area contributed by atoms with Crippen molar-refractivity contribution in [3.05, 3.63) is 58.7 Å². The Labute approximate surface area is 150 Å². The smallest absolute Gasteiger partial charge is 0.142 e. The number of benzene rings is 2. The zero-order valence-electron chi connectivity index (χ0n) is 13.7. The lowest BCUT2D eigenvalue weighted by molar-refractivity contribution is 0.306. The van der Waals surface area contributed by atoms with Crippen molar-refractivity contribution in [2.75, 3.05) is 31.1 Å². The van der Waals surface area contributed by atoms with Crippen LogP contribution in [0.1, 0.15) is 29.7 Å². The molecule has 4 rings (SSSR count). The van der Waals surface area contributed by atoms with Gasteiger partial charge in [-0.2, -0.15) is 5.26 Å². The maximum Gasteiger partial charge on any atom is 0.142 e. The molecule has 4 nitrogen and oxygen atoms in total.